The monoisotopic (exact) mass is 942 g/mol. The van der Waals surface area contributed by atoms with Crippen LogP contribution in [-0.2, 0) is 13.1 Å². The molecule has 2 heterocycles. The zero-order valence-electron chi connectivity index (χ0n) is 30.5. The van der Waals surface area contributed by atoms with Crippen molar-refractivity contribution in [3.05, 3.63) is 189 Å². The smallest absolute Gasteiger partial charge is 0.216 e. The van der Waals surface area contributed by atoms with Crippen LogP contribution in [0.15, 0.2) is 158 Å². The van der Waals surface area contributed by atoms with Gasteiger partial charge in [0.1, 0.15) is 0 Å². The molecule has 6 aromatic carbocycles. The van der Waals surface area contributed by atoms with Crippen molar-refractivity contribution >= 4 is 91.0 Å². The van der Waals surface area contributed by atoms with E-state index in [0.717, 1.165) is 55.7 Å². The van der Waals surface area contributed by atoms with Crippen LogP contribution >= 0.6 is 46.4 Å². The van der Waals surface area contributed by atoms with Crippen molar-refractivity contribution in [2.45, 2.75) is 13.1 Å². The molecule has 0 amide bonds. The maximum atomic E-state index is 6.57. The van der Waals surface area contributed by atoms with Gasteiger partial charge < -0.3 is 43.8 Å². The number of benzene rings is 6. The third-order valence-electron chi connectivity index (χ3n) is 9.96. The topological polar surface area (TPSA) is 14.2 Å². The van der Waals surface area contributed by atoms with Crippen LogP contribution in [0.2, 0.25) is 20.1 Å². The van der Waals surface area contributed by atoms with E-state index in [9.17, 15) is 0 Å². The van der Waals surface area contributed by atoms with E-state index in [1.54, 1.807) is 0 Å². The second-order valence-electron chi connectivity index (χ2n) is 13.5. The van der Waals surface area contributed by atoms with Crippen LogP contribution in [0.3, 0.4) is 0 Å². The zero-order valence-corrected chi connectivity index (χ0v) is 36.7. The van der Waals surface area contributed by atoms with Crippen LogP contribution in [0.1, 0.15) is 11.1 Å². The molecule has 0 atom stereocenters. The van der Waals surface area contributed by atoms with E-state index >= 15 is 0 Å². The average molecular weight is 946 g/mol. The van der Waals surface area contributed by atoms with Crippen molar-refractivity contribution in [3.8, 4) is 11.1 Å². The maximum Gasteiger partial charge on any atom is 0.216 e. The Kier molecular flexibility index (Phi) is 13.3. The van der Waals surface area contributed by atoms with Gasteiger partial charge in [-0.2, -0.15) is 9.13 Å². The first-order chi connectivity index (χ1) is 26.2. The number of halogens is 6. The molecule has 0 N–H and O–H groups in total. The highest BCUT2D eigenvalue weighted by Crippen LogP contribution is 2.33. The van der Waals surface area contributed by atoms with Gasteiger partial charge in [0.2, 0.25) is 11.0 Å². The summed E-state index contributed by atoms with van der Waals surface area (Å²) in [5.74, 6) is 0. The van der Waals surface area contributed by atoms with Crippen molar-refractivity contribution in [3.63, 3.8) is 0 Å². The highest BCUT2D eigenvalue weighted by molar-refractivity contribution is 6.32. The normalized spacial score (nSPS) is 10.9. The molecule has 8 aromatic rings. The number of hydrogen-bond donors (Lipinski definition) is 0. The number of hydrogen-bond acceptors (Lipinski definition) is 2. The van der Waals surface area contributed by atoms with Crippen LogP contribution < -0.4 is 52.9 Å². The fourth-order valence-corrected chi connectivity index (χ4v) is 7.72. The van der Waals surface area contributed by atoms with Crippen molar-refractivity contribution in [2.75, 3.05) is 23.9 Å². The van der Waals surface area contributed by atoms with Gasteiger partial charge in [0.05, 0.1) is 22.1 Å². The molecule has 282 valence electrons. The molecular weight excluding hydrogens is 910 g/mol. The molecule has 0 aliphatic heterocycles. The van der Waals surface area contributed by atoms with Crippen LogP contribution in [0.25, 0.3) is 32.9 Å². The SMILES string of the molecule is CN(c1ccc(Cl)cc1)c1cc[n+](Cc2cccc(-c3cccc(C[n+]4ccc(N(C)c5ccc(Cl)cc5)c5ccc(Cl)cc54)c3)c2)c2cc(Cl)ccc12.[Br-].[Br-]. The number of pyridine rings is 2. The van der Waals surface area contributed by atoms with E-state index in [4.69, 9.17) is 46.4 Å². The number of nitrogens with zero attached hydrogens (tertiary/aromatic N) is 4. The summed E-state index contributed by atoms with van der Waals surface area (Å²) in [6, 6.07) is 49.8. The fourth-order valence-electron chi connectivity index (χ4n) is 7.14. The summed E-state index contributed by atoms with van der Waals surface area (Å²) in [5, 5.41) is 5.05. The zero-order chi connectivity index (χ0) is 37.3. The molecule has 8 rings (SSSR count). The van der Waals surface area contributed by atoms with Crippen LogP contribution in [0.5, 0.6) is 0 Å². The van der Waals surface area contributed by atoms with Gasteiger partial charge in [-0.25, -0.2) is 0 Å². The summed E-state index contributed by atoms with van der Waals surface area (Å²) in [4.78, 5) is 4.35. The molecule has 4 nitrogen and oxygen atoms in total. The Balaban J connectivity index is 0.00000266. The second-order valence-corrected chi connectivity index (χ2v) is 15.2. The van der Waals surface area contributed by atoms with Crippen molar-refractivity contribution in [2.24, 2.45) is 0 Å². The van der Waals surface area contributed by atoms with Crippen LogP contribution in [0, 0.1) is 0 Å². The van der Waals surface area contributed by atoms with Gasteiger partial charge in [-0.05, 0) is 96.1 Å². The lowest BCUT2D eigenvalue weighted by molar-refractivity contribution is -0.662. The summed E-state index contributed by atoms with van der Waals surface area (Å²) >= 11 is 25.5. The molecule has 56 heavy (non-hydrogen) atoms. The lowest BCUT2D eigenvalue weighted by atomic mass is 10.0. The van der Waals surface area contributed by atoms with Gasteiger partial charge in [0.25, 0.3) is 0 Å². The first-order valence-electron chi connectivity index (χ1n) is 17.6. The minimum absolute atomic E-state index is 0. The van der Waals surface area contributed by atoms with Gasteiger partial charge in [0, 0.05) is 81.0 Å². The fraction of sp³-hybridized carbons (Fsp3) is 0.0870. The third-order valence-corrected chi connectivity index (χ3v) is 10.9. The van der Waals surface area contributed by atoms with Gasteiger partial charge in [0.15, 0.2) is 25.5 Å². The summed E-state index contributed by atoms with van der Waals surface area (Å²) in [7, 11) is 4.14. The molecule has 2 aromatic heterocycles. The predicted molar refractivity (Wildman–Crippen MR) is 227 cm³/mol. The van der Waals surface area contributed by atoms with Gasteiger partial charge in [-0.1, -0.05) is 82.8 Å². The summed E-state index contributed by atoms with van der Waals surface area (Å²) < 4.78 is 4.52. The quantitative estimate of drug-likeness (QED) is 0.154. The van der Waals surface area contributed by atoms with E-state index in [2.05, 4.69) is 118 Å². The van der Waals surface area contributed by atoms with E-state index < -0.39 is 0 Å². The predicted octanol–water partition coefficient (Wildman–Crippen LogP) is 6.49. The molecule has 0 bridgehead atoms. The first-order valence-corrected chi connectivity index (χ1v) is 19.1. The highest BCUT2D eigenvalue weighted by Gasteiger charge is 2.20. The number of aromatic nitrogens is 2. The van der Waals surface area contributed by atoms with Crippen molar-refractivity contribution < 1.29 is 43.1 Å². The van der Waals surface area contributed by atoms with Crippen LogP contribution in [-0.4, -0.2) is 14.1 Å². The molecule has 0 unspecified atom stereocenters. The number of rotatable bonds is 9. The standard InChI is InChI=1S/C46H36Cl4N4.2BrH/c1-51(39-15-9-35(47)10-16-39)43-21-23-53(45-27-37(49)13-19-41(43)45)29-31-5-3-7-33(25-31)34-8-4-6-32(26-34)30-54-24-22-44(42-20-14-38(50)28-46(42)54)52(2)40-17-11-36(48)12-18-40;;/h3-28H,29-30H2,1-2H3;2*1H/q+2;;/p-2. The molecule has 0 aliphatic carbocycles. The Hall–Kier alpha value is -4.14. The Bertz CT molecular complexity index is 2470. The Morgan fingerprint density at radius 2 is 0.804 bits per heavy atom. The minimum Gasteiger partial charge on any atom is -1.00 e. The lowest BCUT2D eigenvalue weighted by Crippen LogP contribution is -3.00. The number of anilines is 4. The van der Waals surface area contributed by atoms with Gasteiger partial charge in [-0.3, -0.25) is 0 Å². The molecule has 0 saturated heterocycles. The second kappa shape index (κ2) is 18.0. The van der Waals surface area contributed by atoms with Crippen LogP contribution in [0.4, 0.5) is 22.7 Å². The van der Waals surface area contributed by atoms with E-state index in [0.29, 0.717) is 33.2 Å². The molecule has 10 heteroatoms. The molecule has 0 aliphatic rings. The Morgan fingerprint density at radius 1 is 0.429 bits per heavy atom. The number of fused-ring (bicyclic) bond motifs is 2. The highest BCUT2D eigenvalue weighted by atomic mass is 79.9. The van der Waals surface area contributed by atoms with E-state index in [1.165, 1.54) is 11.1 Å². The maximum absolute atomic E-state index is 6.57. The molecule has 0 radical (unpaired) electrons. The third kappa shape index (κ3) is 8.87. The molecule has 0 saturated carbocycles. The van der Waals surface area contributed by atoms with Crippen molar-refractivity contribution in [1.29, 1.82) is 0 Å². The molecular formula is C46H36Br2Cl4N4. The van der Waals surface area contributed by atoms with Gasteiger partial charge in [-0.15, -0.1) is 0 Å². The first kappa shape index (κ1) is 41.5. The summed E-state index contributed by atoms with van der Waals surface area (Å²) in [5.41, 5.74) is 11.1. The average Bonchev–Trinajstić information content (AvgIpc) is 3.18. The van der Waals surface area contributed by atoms with Gasteiger partial charge >= 0.3 is 0 Å². The Labute approximate surface area is 368 Å². The summed E-state index contributed by atoms with van der Waals surface area (Å²) in [6.07, 6.45) is 4.28. The Morgan fingerprint density at radius 3 is 1.20 bits per heavy atom. The lowest BCUT2D eigenvalue weighted by Gasteiger charge is -2.21. The van der Waals surface area contributed by atoms with E-state index in [1.807, 2.05) is 72.8 Å². The van der Waals surface area contributed by atoms with Crippen molar-refractivity contribution in [1.82, 2.24) is 0 Å². The largest absolute Gasteiger partial charge is 1.00 e. The van der Waals surface area contributed by atoms with E-state index in [-0.39, 0.29) is 34.0 Å². The molecule has 0 fully saturated rings. The minimum atomic E-state index is 0. The summed E-state index contributed by atoms with van der Waals surface area (Å²) in [6.45, 7) is 1.38. The molecule has 0 spiro atoms.